The summed E-state index contributed by atoms with van der Waals surface area (Å²) < 4.78 is 13.9. The first-order valence-corrected chi connectivity index (χ1v) is 10.3. The topological polar surface area (TPSA) is 82.6 Å². The Kier molecular flexibility index (Phi) is 7.41. The third-order valence-corrected chi connectivity index (χ3v) is 5.40. The van der Waals surface area contributed by atoms with E-state index in [1.54, 1.807) is 36.4 Å². The third-order valence-electron chi connectivity index (χ3n) is 5.16. The first-order valence-electron chi connectivity index (χ1n) is 9.89. The smallest absolute Gasteiger partial charge is 0.329 e. The highest BCUT2D eigenvalue weighted by Crippen LogP contribution is 2.25. The van der Waals surface area contributed by atoms with Crippen molar-refractivity contribution < 1.29 is 14.0 Å². The second kappa shape index (κ2) is 10.2. The van der Waals surface area contributed by atoms with Crippen molar-refractivity contribution in [1.29, 1.82) is 0 Å². The van der Waals surface area contributed by atoms with Crippen molar-refractivity contribution in [3.63, 3.8) is 0 Å². The second-order valence-electron chi connectivity index (χ2n) is 7.38. The normalized spacial score (nSPS) is 18.8. The Labute approximate surface area is 179 Å². The van der Waals surface area contributed by atoms with Crippen molar-refractivity contribution in [1.82, 2.24) is 10.7 Å². The zero-order valence-corrected chi connectivity index (χ0v) is 17.4. The molecule has 3 rings (SSSR count). The molecule has 2 aromatic rings. The number of nitrogens with zero attached hydrogens (tertiary/aromatic N) is 1. The second-order valence-corrected chi connectivity index (χ2v) is 7.81. The van der Waals surface area contributed by atoms with E-state index >= 15 is 0 Å². The molecule has 1 aliphatic carbocycles. The van der Waals surface area contributed by atoms with Crippen molar-refractivity contribution in [2.45, 2.75) is 38.6 Å². The molecule has 2 aromatic carbocycles. The number of amides is 2. The van der Waals surface area contributed by atoms with E-state index in [-0.39, 0.29) is 6.04 Å². The maximum absolute atomic E-state index is 13.9. The van der Waals surface area contributed by atoms with Gasteiger partial charge in [-0.2, -0.15) is 5.10 Å². The average molecular weight is 431 g/mol. The number of hydrogen-bond acceptors (Lipinski definition) is 4. The first-order chi connectivity index (χ1) is 14.4. The van der Waals surface area contributed by atoms with E-state index in [9.17, 15) is 14.0 Å². The van der Waals surface area contributed by atoms with Crippen LogP contribution < -0.4 is 16.1 Å². The Morgan fingerprint density at radius 1 is 1.10 bits per heavy atom. The molecule has 1 fully saturated rings. The van der Waals surface area contributed by atoms with Crippen LogP contribution in [0, 0.1) is 11.7 Å². The van der Waals surface area contributed by atoms with Crippen LogP contribution in [0.4, 0.5) is 15.8 Å². The highest BCUT2D eigenvalue weighted by atomic mass is 35.5. The van der Waals surface area contributed by atoms with Gasteiger partial charge in [0.25, 0.3) is 0 Å². The molecule has 0 aromatic heterocycles. The molecule has 0 bridgehead atoms. The minimum absolute atomic E-state index is 0.00508. The summed E-state index contributed by atoms with van der Waals surface area (Å²) in [4.78, 5) is 24.2. The Morgan fingerprint density at radius 3 is 2.63 bits per heavy atom. The molecular formula is C22H24ClFN4O2. The van der Waals surface area contributed by atoms with Crippen molar-refractivity contribution in [3.05, 3.63) is 58.9 Å². The molecule has 0 unspecified atom stereocenters. The Bertz CT molecular complexity index is 950. The summed E-state index contributed by atoms with van der Waals surface area (Å²) in [7, 11) is 0. The number of carbonyl (C=O) groups excluding carboxylic acids is 2. The van der Waals surface area contributed by atoms with E-state index in [1.807, 2.05) is 0 Å². The Hall–Kier alpha value is -2.93. The lowest BCUT2D eigenvalue weighted by molar-refractivity contribution is -0.139. The zero-order valence-electron chi connectivity index (χ0n) is 16.6. The van der Waals surface area contributed by atoms with Gasteiger partial charge in [-0.15, -0.1) is 0 Å². The lowest BCUT2D eigenvalue weighted by Gasteiger charge is -2.29. The van der Waals surface area contributed by atoms with Gasteiger partial charge in [-0.25, -0.2) is 9.82 Å². The lowest BCUT2D eigenvalue weighted by Crippen LogP contribution is -2.46. The summed E-state index contributed by atoms with van der Waals surface area (Å²) in [5.41, 5.74) is 3.59. The van der Waals surface area contributed by atoms with E-state index in [2.05, 4.69) is 28.1 Å². The standard InChI is InChI=1S/C22H24ClFN4O2/c1-14-6-2-4-8-18(14)27-21(29)22(30)28-25-13-15-12-16(23)10-11-19(15)26-20-9-5-3-7-17(20)24/h3,5,7,9-14,18,26H,2,4,6,8H2,1H3,(H,27,29)(H,28,30)/b25-13-/t14-,18+/m1/s1. The predicted molar refractivity (Wildman–Crippen MR) is 116 cm³/mol. The van der Waals surface area contributed by atoms with Crippen LogP contribution in [0.5, 0.6) is 0 Å². The molecule has 0 radical (unpaired) electrons. The molecule has 2 atom stereocenters. The molecule has 1 aliphatic rings. The van der Waals surface area contributed by atoms with Gasteiger partial charge in [0.1, 0.15) is 5.82 Å². The van der Waals surface area contributed by atoms with Crippen LogP contribution in [0.3, 0.4) is 0 Å². The van der Waals surface area contributed by atoms with Gasteiger partial charge in [0.15, 0.2) is 0 Å². The average Bonchev–Trinajstić information content (AvgIpc) is 2.73. The number of para-hydroxylation sites is 1. The fourth-order valence-electron chi connectivity index (χ4n) is 3.44. The van der Waals surface area contributed by atoms with E-state index < -0.39 is 17.6 Å². The maximum Gasteiger partial charge on any atom is 0.329 e. The van der Waals surface area contributed by atoms with Gasteiger partial charge in [-0.05, 0) is 49.1 Å². The van der Waals surface area contributed by atoms with Crippen molar-refractivity contribution in [2.75, 3.05) is 5.32 Å². The van der Waals surface area contributed by atoms with Gasteiger partial charge in [0, 0.05) is 22.3 Å². The number of carbonyl (C=O) groups is 2. The van der Waals surface area contributed by atoms with Gasteiger partial charge in [-0.1, -0.05) is 43.5 Å². The zero-order chi connectivity index (χ0) is 21.5. The van der Waals surface area contributed by atoms with Crippen molar-refractivity contribution >= 4 is 41.0 Å². The molecule has 0 aliphatic heterocycles. The van der Waals surface area contributed by atoms with Crippen molar-refractivity contribution in [3.8, 4) is 0 Å². The molecular weight excluding hydrogens is 407 g/mol. The molecule has 2 amide bonds. The molecule has 1 saturated carbocycles. The van der Waals surface area contributed by atoms with Gasteiger partial charge >= 0.3 is 11.8 Å². The maximum atomic E-state index is 13.9. The van der Waals surface area contributed by atoms with E-state index in [0.29, 0.717) is 27.9 Å². The van der Waals surface area contributed by atoms with Crippen LogP contribution in [0.1, 0.15) is 38.2 Å². The summed E-state index contributed by atoms with van der Waals surface area (Å²) >= 11 is 6.05. The van der Waals surface area contributed by atoms with E-state index in [1.165, 1.54) is 12.3 Å². The van der Waals surface area contributed by atoms with Crippen molar-refractivity contribution in [2.24, 2.45) is 11.0 Å². The summed E-state index contributed by atoms with van der Waals surface area (Å²) in [6, 6.07) is 11.2. The predicted octanol–water partition coefficient (Wildman–Crippen LogP) is 4.37. The number of halogens is 2. The Morgan fingerprint density at radius 2 is 1.87 bits per heavy atom. The van der Waals surface area contributed by atoms with E-state index in [4.69, 9.17) is 11.6 Å². The molecule has 0 heterocycles. The SMILES string of the molecule is C[C@@H]1CCCC[C@@H]1NC(=O)C(=O)N/N=C\c1cc(Cl)ccc1Nc1ccccc1F. The number of anilines is 2. The fourth-order valence-corrected chi connectivity index (χ4v) is 3.62. The number of hydrogen-bond donors (Lipinski definition) is 3. The number of hydrazone groups is 1. The van der Waals surface area contributed by atoms with Crippen LogP contribution in [-0.2, 0) is 9.59 Å². The lowest BCUT2D eigenvalue weighted by atomic mass is 9.86. The number of nitrogens with one attached hydrogen (secondary N) is 3. The van der Waals surface area contributed by atoms with Crippen LogP contribution >= 0.6 is 11.6 Å². The fraction of sp³-hybridized carbons (Fsp3) is 0.318. The molecule has 30 heavy (non-hydrogen) atoms. The summed E-state index contributed by atoms with van der Waals surface area (Å²) in [5, 5.41) is 10.1. The van der Waals surface area contributed by atoms with Crippen LogP contribution in [0.15, 0.2) is 47.6 Å². The number of benzene rings is 2. The molecule has 6 nitrogen and oxygen atoms in total. The number of rotatable bonds is 5. The summed E-state index contributed by atoms with van der Waals surface area (Å²) in [5.74, 6) is -1.61. The van der Waals surface area contributed by atoms with Gasteiger partial charge in [-0.3, -0.25) is 9.59 Å². The van der Waals surface area contributed by atoms with Crippen LogP contribution in [0.25, 0.3) is 0 Å². The molecule has 0 spiro atoms. The molecule has 0 saturated heterocycles. The summed E-state index contributed by atoms with van der Waals surface area (Å²) in [6.07, 6.45) is 5.45. The van der Waals surface area contributed by atoms with Gasteiger partial charge < -0.3 is 10.6 Å². The molecule has 158 valence electrons. The highest BCUT2D eigenvalue weighted by Gasteiger charge is 2.25. The monoisotopic (exact) mass is 430 g/mol. The molecule has 3 N–H and O–H groups in total. The van der Waals surface area contributed by atoms with E-state index in [0.717, 1.165) is 25.7 Å². The minimum atomic E-state index is -0.838. The summed E-state index contributed by atoms with van der Waals surface area (Å²) in [6.45, 7) is 2.07. The Balaban J connectivity index is 1.64. The van der Waals surface area contributed by atoms with Gasteiger partial charge in [0.2, 0.25) is 0 Å². The quantitative estimate of drug-likeness (QED) is 0.374. The third kappa shape index (κ3) is 5.79. The van der Waals surface area contributed by atoms with Crippen LogP contribution in [-0.4, -0.2) is 24.1 Å². The minimum Gasteiger partial charge on any atom is -0.353 e. The van der Waals surface area contributed by atoms with Gasteiger partial charge in [0.05, 0.1) is 11.9 Å². The largest absolute Gasteiger partial charge is 0.353 e. The first kappa shape index (κ1) is 21.8. The van der Waals surface area contributed by atoms with Crippen LogP contribution in [0.2, 0.25) is 5.02 Å². The molecule has 8 heteroatoms. The highest BCUT2D eigenvalue weighted by molar-refractivity contribution is 6.35.